The summed E-state index contributed by atoms with van der Waals surface area (Å²) in [6, 6.07) is 9.50. The molecule has 1 aliphatic rings. The molecule has 1 amide bonds. The van der Waals surface area contributed by atoms with Crippen molar-refractivity contribution in [3.8, 4) is 0 Å². The van der Waals surface area contributed by atoms with Crippen LogP contribution in [0.3, 0.4) is 0 Å². The number of nitrogens with zero attached hydrogens (tertiary/aromatic N) is 2. The first-order valence-corrected chi connectivity index (χ1v) is 9.25. The normalized spacial score (nSPS) is 17.2. The number of carbonyl (C=O) groups excluding carboxylic acids is 2. The number of aliphatic hydroxyl groups excluding tert-OH is 1. The highest BCUT2D eigenvalue weighted by Crippen LogP contribution is 2.42. The average molecular weight is 431 g/mol. The number of hydrogen-bond acceptors (Lipinski definition) is 6. The molecule has 1 N–H and O–H groups in total. The predicted molar refractivity (Wildman–Crippen MR) is 99.2 cm³/mol. The molecule has 1 aliphatic heterocycles. The van der Waals surface area contributed by atoms with E-state index in [9.17, 15) is 14.7 Å². The molecule has 3 aromatic rings. The van der Waals surface area contributed by atoms with Crippen molar-refractivity contribution in [2.24, 2.45) is 0 Å². The number of carbonyl (C=O) groups is 2. The smallest absolute Gasteiger partial charge is 0.296 e. The van der Waals surface area contributed by atoms with E-state index in [1.807, 2.05) is 6.07 Å². The van der Waals surface area contributed by atoms with E-state index in [4.69, 9.17) is 4.42 Å². The van der Waals surface area contributed by atoms with Crippen molar-refractivity contribution in [1.82, 2.24) is 4.98 Å². The molecule has 1 aromatic carbocycles. The van der Waals surface area contributed by atoms with Crippen molar-refractivity contribution in [3.05, 3.63) is 81.4 Å². The van der Waals surface area contributed by atoms with Gasteiger partial charge in [-0.1, -0.05) is 28.1 Å². The third kappa shape index (κ3) is 2.67. The molecule has 26 heavy (non-hydrogen) atoms. The molecule has 8 heteroatoms. The second-order valence-corrected chi connectivity index (χ2v) is 7.30. The SMILES string of the molecule is O=C(C1=C(O)C(=O)N(c2nccs2)[C@H]1c1cccc(Br)c1)c1ccco1. The monoisotopic (exact) mass is 430 g/mol. The maximum Gasteiger partial charge on any atom is 0.296 e. The number of anilines is 1. The molecule has 0 fully saturated rings. The topological polar surface area (TPSA) is 83.6 Å². The minimum absolute atomic E-state index is 0.0294. The van der Waals surface area contributed by atoms with Crippen LogP contribution in [0.25, 0.3) is 0 Å². The van der Waals surface area contributed by atoms with E-state index in [-0.39, 0.29) is 11.3 Å². The van der Waals surface area contributed by atoms with Crippen LogP contribution in [0.15, 0.2) is 74.5 Å². The second-order valence-electron chi connectivity index (χ2n) is 5.52. The van der Waals surface area contributed by atoms with Crippen LogP contribution in [0.5, 0.6) is 0 Å². The third-order valence-electron chi connectivity index (χ3n) is 3.99. The van der Waals surface area contributed by atoms with Gasteiger partial charge in [-0.3, -0.25) is 14.5 Å². The van der Waals surface area contributed by atoms with Gasteiger partial charge in [0.25, 0.3) is 5.91 Å². The molecule has 0 spiro atoms. The van der Waals surface area contributed by atoms with Crippen LogP contribution in [-0.4, -0.2) is 21.8 Å². The highest BCUT2D eigenvalue weighted by Gasteiger charge is 2.46. The Labute approximate surface area is 160 Å². The van der Waals surface area contributed by atoms with Gasteiger partial charge in [0.15, 0.2) is 16.7 Å². The Kier molecular flexibility index (Phi) is 4.21. The Morgan fingerprint density at radius 3 is 2.81 bits per heavy atom. The predicted octanol–water partition coefficient (Wildman–Crippen LogP) is 4.28. The van der Waals surface area contributed by atoms with E-state index in [2.05, 4.69) is 20.9 Å². The van der Waals surface area contributed by atoms with Gasteiger partial charge in [0.2, 0.25) is 5.78 Å². The number of aliphatic hydroxyl groups is 1. The van der Waals surface area contributed by atoms with Gasteiger partial charge in [-0.25, -0.2) is 4.98 Å². The van der Waals surface area contributed by atoms with Gasteiger partial charge in [0.05, 0.1) is 17.9 Å². The van der Waals surface area contributed by atoms with E-state index < -0.39 is 23.5 Å². The molecule has 6 nitrogen and oxygen atoms in total. The maximum absolute atomic E-state index is 12.9. The van der Waals surface area contributed by atoms with Crippen LogP contribution in [0.1, 0.15) is 22.2 Å². The molecule has 0 bridgehead atoms. The quantitative estimate of drug-likeness (QED) is 0.624. The number of halogens is 1. The van der Waals surface area contributed by atoms with Crippen LogP contribution < -0.4 is 4.90 Å². The summed E-state index contributed by atoms with van der Waals surface area (Å²) in [5, 5.41) is 12.6. The summed E-state index contributed by atoms with van der Waals surface area (Å²) >= 11 is 4.65. The van der Waals surface area contributed by atoms with Crippen LogP contribution in [0.4, 0.5) is 5.13 Å². The molecule has 0 radical (unpaired) electrons. The van der Waals surface area contributed by atoms with E-state index in [1.54, 1.807) is 35.8 Å². The van der Waals surface area contributed by atoms with Gasteiger partial charge in [-0.15, -0.1) is 11.3 Å². The fourth-order valence-corrected chi connectivity index (χ4v) is 3.99. The molecule has 2 aromatic heterocycles. The van der Waals surface area contributed by atoms with Crippen molar-refractivity contribution in [1.29, 1.82) is 0 Å². The number of ketones is 1. The summed E-state index contributed by atoms with van der Waals surface area (Å²) in [6.07, 6.45) is 2.93. The van der Waals surface area contributed by atoms with Crippen LogP contribution in [-0.2, 0) is 4.79 Å². The van der Waals surface area contributed by atoms with Crippen LogP contribution >= 0.6 is 27.3 Å². The Bertz CT molecular complexity index is 1010. The number of furan rings is 1. The first-order valence-electron chi connectivity index (χ1n) is 7.58. The highest BCUT2D eigenvalue weighted by atomic mass is 79.9. The van der Waals surface area contributed by atoms with Gasteiger partial charge in [-0.2, -0.15) is 0 Å². The number of Topliss-reactive ketones (excluding diaryl/α,β-unsaturated/α-hetero) is 1. The molecule has 3 heterocycles. The molecular formula is C18H11BrN2O4S. The molecule has 0 saturated carbocycles. The highest BCUT2D eigenvalue weighted by molar-refractivity contribution is 9.10. The lowest BCUT2D eigenvalue weighted by molar-refractivity contribution is -0.117. The van der Waals surface area contributed by atoms with Crippen molar-refractivity contribution < 1.29 is 19.1 Å². The molecule has 130 valence electrons. The van der Waals surface area contributed by atoms with Crippen molar-refractivity contribution in [2.45, 2.75) is 6.04 Å². The third-order valence-corrected chi connectivity index (χ3v) is 5.25. The number of benzene rings is 1. The summed E-state index contributed by atoms with van der Waals surface area (Å²) in [5.41, 5.74) is 0.639. The zero-order chi connectivity index (χ0) is 18.3. The molecular weight excluding hydrogens is 420 g/mol. The lowest BCUT2D eigenvalue weighted by atomic mass is 9.95. The van der Waals surface area contributed by atoms with Crippen molar-refractivity contribution in [3.63, 3.8) is 0 Å². The lowest BCUT2D eigenvalue weighted by Gasteiger charge is -2.24. The number of rotatable bonds is 4. The first kappa shape index (κ1) is 16.7. The molecule has 0 unspecified atom stereocenters. The number of aromatic nitrogens is 1. The average Bonchev–Trinajstić information content (AvgIpc) is 3.37. The van der Waals surface area contributed by atoms with Gasteiger partial charge in [-0.05, 0) is 29.8 Å². The minimum atomic E-state index is -0.802. The maximum atomic E-state index is 12.9. The Balaban J connectivity index is 1.89. The Morgan fingerprint density at radius 1 is 1.31 bits per heavy atom. The first-order chi connectivity index (χ1) is 12.6. The summed E-state index contributed by atoms with van der Waals surface area (Å²) < 4.78 is 5.97. The van der Waals surface area contributed by atoms with Crippen molar-refractivity contribution in [2.75, 3.05) is 4.90 Å². The fourth-order valence-electron chi connectivity index (χ4n) is 2.90. The minimum Gasteiger partial charge on any atom is -0.503 e. The van der Waals surface area contributed by atoms with Gasteiger partial charge >= 0.3 is 0 Å². The van der Waals surface area contributed by atoms with E-state index in [1.165, 1.54) is 28.6 Å². The summed E-state index contributed by atoms with van der Waals surface area (Å²) in [7, 11) is 0. The van der Waals surface area contributed by atoms with E-state index >= 15 is 0 Å². The summed E-state index contributed by atoms with van der Waals surface area (Å²) in [4.78, 5) is 31.2. The molecule has 4 rings (SSSR count). The van der Waals surface area contributed by atoms with Crippen LogP contribution in [0, 0.1) is 0 Å². The number of hydrogen-bond donors (Lipinski definition) is 1. The second kappa shape index (κ2) is 6.54. The Morgan fingerprint density at radius 2 is 2.15 bits per heavy atom. The largest absolute Gasteiger partial charge is 0.503 e. The van der Waals surface area contributed by atoms with Crippen molar-refractivity contribution >= 4 is 44.1 Å². The Hall–Kier alpha value is -2.71. The van der Waals surface area contributed by atoms with Gasteiger partial charge < -0.3 is 9.52 Å². The van der Waals surface area contributed by atoms with Gasteiger partial charge in [0, 0.05) is 16.0 Å². The van der Waals surface area contributed by atoms with E-state index in [0.717, 1.165) is 4.47 Å². The molecule has 0 aliphatic carbocycles. The number of thiazole rings is 1. The fraction of sp³-hybridized carbons (Fsp3) is 0.0556. The zero-order valence-electron chi connectivity index (χ0n) is 13.1. The molecule has 1 atom stereocenters. The molecule has 0 saturated heterocycles. The summed E-state index contributed by atoms with van der Waals surface area (Å²) in [6.45, 7) is 0. The number of amides is 1. The van der Waals surface area contributed by atoms with Gasteiger partial charge in [0.1, 0.15) is 0 Å². The van der Waals surface area contributed by atoms with Crippen LogP contribution in [0.2, 0.25) is 0 Å². The summed E-state index contributed by atoms with van der Waals surface area (Å²) in [5.74, 6) is -1.74. The van der Waals surface area contributed by atoms with E-state index in [0.29, 0.717) is 10.7 Å². The lowest BCUT2D eigenvalue weighted by Crippen LogP contribution is -2.30. The zero-order valence-corrected chi connectivity index (χ0v) is 15.5. The standard InChI is InChI=1S/C18H11BrN2O4S/c19-11-4-1-3-10(9-11)14-13(15(22)12-5-2-7-25-12)16(23)17(24)21(14)18-20-6-8-26-18/h1-9,14,23H/t14-/m0/s1.